The number of rotatable bonds is 9. The summed E-state index contributed by atoms with van der Waals surface area (Å²) in [7, 11) is 0. The van der Waals surface area contributed by atoms with E-state index in [2.05, 4.69) is 20.8 Å². The van der Waals surface area contributed by atoms with E-state index in [0.29, 0.717) is 12.5 Å². The van der Waals surface area contributed by atoms with Crippen LogP contribution in [-0.2, 0) is 0 Å². The Morgan fingerprint density at radius 3 is 1.93 bits per heavy atom. The molecule has 0 aliphatic heterocycles. The minimum Gasteiger partial charge on any atom is -0.396 e. The molecule has 0 aliphatic rings. The SMILES string of the molecule is CCCC(C)CCCCCC(C)CO. The third-order valence-electron chi connectivity index (χ3n) is 2.99. The fourth-order valence-corrected chi connectivity index (χ4v) is 1.89. The third kappa shape index (κ3) is 8.55. The molecule has 14 heavy (non-hydrogen) atoms. The lowest BCUT2D eigenvalue weighted by Gasteiger charge is -2.10. The first-order chi connectivity index (χ1) is 6.70. The van der Waals surface area contributed by atoms with Crippen LogP contribution in [0, 0.1) is 11.8 Å². The number of hydrogen-bond acceptors (Lipinski definition) is 1. The second-order valence-electron chi connectivity index (χ2n) is 4.82. The largest absolute Gasteiger partial charge is 0.396 e. The van der Waals surface area contributed by atoms with Gasteiger partial charge in [-0.05, 0) is 18.3 Å². The molecule has 1 nitrogen and oxygen atoms in total. The summed E-state index contributed by atoms with van der Waals surface area (Å²) in [6.45, 7) is 7.10. The van der Waals surface area contributed by atoms with Crippen molar-refractivity contribution in [3.63, 3.8) is 0 Å². The summed E-state index contributed by atoms with van der Waals surface area (Å²) in [5.74, 6) is 1.42. The van der Waals surface area contributed by atoms with Gasteiger partial charge >= 0.3 is 0 Å². The van der Waals surface area contributed by atoms with Crippen LogP contribution in [-0.4, -0.2) is 11.7 Å². The lowest BCUT2D eigenvalue weighted by atomic mass is 9.97. The van der Waals surface area contributed by atoms with Crippen molar-refractivity contribution in [2.24, 2.45) is 11.8 Å². The molecule has 0 aromatic heterocycles. The molecule has 0 spiro atoms. The van der Waals surface area contributed by atoms with Gasteiger partial charge in [-0.3, -0.25) is 0 Å². The number of aliphatic hydroxyl groups excluding tert-OH is 1. The Balaban J connectivity index is 3.13. The van der Waals surface area contributed by atoms with Gasteiger partial charge in [0.05, 0.1) is 0 Å². The predicted molar refractivity (Wildman–Crippen MR) is 63.4 cm³/mol. The molecule has 0 fully saturated rings. The van der Waals surface area contributed by atoms with Crippen LogP contribution in [0.5, 0.6) is 0 Å². The molecule has 2 atom stereocenters. The second-order valence-corrected chi connectivity index (χ2v) is 4.82. The zero-order valence-corrected chi connectivity index (χ0v) is 10.3. The molecule has 0 heterocycles. The van der Waals surface area contributed by atoms with Gasteiger partial charge in [-0.25, -0.2) is 0 Å². The van der Waals surface area contributed by atoms with Gasteiger partial charge in [0, 0.05) is 6.61 Å². The summed E-state index contributed by atoms with van der Waals surface area (Å²) in [6.07, 6.45) is 9.30. The summed E-state index contributed by atoms with van der Waals surface area (Å²) in [6, 6.07) is 0. The minimum atomic E-state index is 0.353. The Morgan fingerprint density at radius 2 is 1.43 bits per heavy atom. The maximum absolute atomic E-state index is 8.85. The summed E-state index contributed by atoms with van der Waals surface area (Å²) >= 11 is 0. The van der Waals surface area contributed by atoms with Crippen molar-refractivity contribution in [2.45, 2.75) is 65.7 Å². The minimum absolute atomic E-state index is 0.353. The highest BCUT2D eigenvalue weighted by Crippen LogP contribution is 2.16. The zero-order chi connectivity index (χ0) is 10.8. The lowest BCUT2D eigenvalue weighted by molar-refractivity contribution is 0.227. The van der Waals surface area contributed by atoms with Gasteiger partial charge in [0.1, 0.15) is 0 Å². The summed E-state index contributed by atoms with van der Waals surface area (Å²) in [4.78, 5) is 0. The molecule has 0 aromatic rings. The van der Waals surface area contributed by atoms with Gasteiger partial charge in [-0.1, -0.05) is 59.3 Å². The summed E-state index contributed by atoms with van der Waals surface area (Å²) < 4.78 is 0. The van der Waals surface area contributed by atoms with E-state index in [1.54, 1.807) is 0 Å². The van der Waals surface area contributed by atoms with Gasteiger partial charge in [0.2, 0.25) is 0 Å². The molecule has 2 unspecified atom stereocenters. The van der Waals surface area contributed by atoms with Crippen LogP contribution in [0.2, 0.25) is 0 Å². The van der Waals surface area contributed by atoms with Gasteiger partial charge in [0.15, 0.2) is 0 Å². The first kappa shape index (κ1) is 14.0. The summed E-state index contributed by atoms with van der Waals surface area (Å²) in [5, 5.41) is 8.85. The van der Waals surface area contributed by atoms with Crippen LogP contribution >= 0.6 is 0 Å². The van der Waals surface area contributed by atoms with Crippen LogP contribution < -0.4 is 0 Å². The number of unbranched alkanes of at least 4 members (excludes halogenated alkanes) is 2. The molecule has 0 rings (SSSR count). The van der Waals surface area contributed by atoms with Crippen molar-refractivity contribution >= 4 is 0 Å². The molecule has 0 bridgehead atoms. The topological polar surface area (TPSA) is 20.2 Å². The maximum Gasteiger partial charge on any atom is 0.0456 e. The predicted octanol–water partition coefficient (Wildman–Crippen LogP) is 4.00. The molecule has 86 valence electrons. The smallest absolute Gasteiger partial charge is 0.0456 e. The molecular formula is C13H28O. The van der Waals surface area contributed by atoms with Crippen molar-refractivity contribution in [3.05, 3.63) is 0 Å². The number of aliphatic hydroxyl groups is 1. The highest BCUT2D eigenvalue weighted by atomic mass is 16.3. The van der Waals surface area contributed by atoms with E-state index in [4.69, 9.17) is 5.11 Å². The molecule has 1 heteroatoms. The molecule has 0 saturated heterocycles. The van der Waals surface area contributed by atoms with E-state index < -0.39 is 0 Å². The normalized spacial score (nSPS) is 15.4. The lowest BCUT2D eigenvalue weighted by Crippen LogP contribution is -2.00. The van der Waals surface area contributed by atoms with E-state index in [-0.39, 0.29) is 0 Å². The fourth-order valence-electron chi connectivity index (χ4n) is 1.89. The molecular weight excluding hydrogens is 172 g/mol. The first-order valence-corrected chi connectivity index (χ1v) is 6.31. The van der Waals surface area contributed by atoms with E-state index in [1.807, 2.05) is 0 Å². The van der Waals surface area contributed by atoms with Crippen LogP contribution in [0.25, 0.3) is 0 Å². The zero-order valence-electron chi connectivity index (χ0n) is 10.3. The monoisotopic (exact) mass is 200 g/mol. The maximum atomic E-state index is 8.85. The van der Waals surface area contributed by atoms with E-state index >= 15 is 0 Å². The first-order valence-electron chi connectivity index (χ1n) is 6.31. The standard InChI is InChI=1S/C13H28O/c1-4-8-12(2)9-6-5-7-10-13(3)11-14/h12-14H,4-11H2,1-3H3. The van der Waals surface area contributed by atoms with E-state index in [0.717, 1.165) is 5.92 Å². The Hall–Kier alpha value is -0.0400. The van der Waals surface area contributed by atoms with E-state index in [9.17, 15) is 0 Å². The van der Waals surface area contributed by atoms with Crippen molar-refractivity contribution in [1.29, 1.82) is 0 Å². The highest BCUT2D eigenvalue weighted by molar-refractivity contribution is 4.55. The molecule has 0 aromatic carbocycles. The average Bonchev–Trinajstić information content (AvgIpc) is 2.17. The Labute approximate surface area is 89.9 Å². The van der Waals surface area contributed by atoms with Gasteiger partial charge in [-0.2, -0.15) is 0 Å². The van der Waals surface area contributed by atoms with Crippen LogP contribution in [0.4, 0.5) is 0 Å². The van der Waals surface area contributed by atoms with Gasteiger partial charge in [0.25, 0.3) is 0 Å². The highest BCUT2D eigenvalue weighted by Gasteiger charge is 2.02. The Morgan fingerprint density at radius 1 is 0.857 bits per heavy atom. The van der Waals surface area contributed by atoms with Crippen LogP contribution in [0.1, 0.15) is 65.7 Å². The van der Waals surface area contributed by atoms with Gasteiger partial charge < -0.3 is 5.11 Å². The molecule has 0 amide bonds. The summed E-state index contributed by atoms with van der Waals surface area (Å²) in [5.41, 5.74) is 0. The second kappa shape index (κ2) is 9.51. The fraction of sp³-hybridized carbons (Fsp3) is 1.00. The average molecular weight is 200 g/mol. The third-order valence-corrected chi connectivity index (χ3v) is 2.99. The van der Waals surface area contributed by atoms with Crippen molar-refractivity contribution in [1.82, 2.24) is 0 Å². The Bertz CT molecular complexity index is 112. The Kier molecular flexibility index (Phi) is 9.49. The van der Waals surface area contributed by atoms with Crippen LogP contribution in [0.3, 0.4) is 0 Å². The molecule has 0 radical (unpaired) electrons. The van der Waals surface area contributed by atoms with E-state index in [1.165, 1.54) is 44.9 Å². The van der Waals surface area contributed by atoms with Crippen molar-refractivity contribution in [2.75, 3.05) is 6.61 Å². The quantitative estimate of drug-likeness (QED) is 0.558. The molecule has 1 N–H and O–H groups in total. The van der Waals surface area contributed by atoms with Crippen molar-refractivity contribution in [3.8, 4) is 0 Å². The molecule has 0 aliphatic carbocycles. The number of hydrogen-bond donors (Lipinski definition) is 1. The van der Waals surface area contributed by atoms with Crippen molar-refractivity contribution < 1.29 is 5.11 Å². The molecule has 0 saturated carbocycles. The van der Waals surface area contributed by atoms with Crippen LogP contribution in [0.15, 0.2) is 0 Å². The van der Waals surface area contributed by atoms with Gasteiger partial charge in [-0.15, -0.1) is 0 Å².